The molecule has 0 aliphatic carbocycles. The Hall–Kier alpha value is -0.940. The summed E-state index contributed by atoms with van der Waals surface area (Å²) in [5, 5.41) is 8.58. The minimum atomic E-state index is 0.204. The maximum absolute atomic E-state index is 8.58. The largest absolute Gasteiger partial charge is 0.396 e. The summed E-state index contributed by atoms with van der Waals surface area (Å²) in [4.78, 5) is 0. The summed E-state index contributed by atoms with van der Waals surface area (Å²) in [6.45, 7) is 4.54. The third-order valence-corrected chi connectivity index (χ3v) is 2.96. The Labute approximate surface area is 128 Å². The lowest BCUT2D eigenvalue weighted by atomic mass is 10.2. The first-order chi connectivity index (χ1) is 10.4. The zero-order valence-electron chi connectivity index (χ0n) is 12.8. The summed E-state index contributed by atoms with van der Waals surface area (Å²) in [7, 11) is 0. The first kappa shape index (κ1) is 18.1. The normalized spacial score (nSPS) is 10.9. The number of aliphatic hydroxyl groups is 1. The van der Waals surface area contributed by atoms with Crippen molar-refractivity contribution >= 4 is 0 Å². The van der Waals surface area contributed by atoms with Gasteiger partial charge in [0.15, 0.2) is 0 Å². The molecule has 0 aliphatic heterocycles. The molecule has 0 saturated carbocycles. The van der Waals surface area contributed by atoms with E-state index in [0.29, 0.717) is 13.2 Å². The van der Waals surface area contributed by atoms with Gasteiger partial charge in [-0.15, -0.1) is 0 Å². The van der Waals surface area contributed by atoms with Gasteiger partial charge < -0.3 is 19.3 Å². The van der Waals surface area contributed by atoms with Crippen LogP contribution in [0, 0.1) is 0 Å². The van der Waals surface area contributed by atoms with Crippen molar-refractivity contribution in [1.82, 2.24) is 0 Å². The van der Waals surface area contributed by atoms with Gasteiger partial charge in [0, 0.05) is 39.6 Å². The number of hydrogen-bond donors (Lipinski definition) is 1. The van der Waals surface area contributed by atoms with Gasteiger partial charge in [-0.3, -0.25) is 0 Å². The van der Waals surface area contributed by atoms with Crippen molar-refractivity contribution < 1.29 is 19.3 Å². The van der Waals surface area contributed by atoms with Crippen LogP contribution >= 0.6 is 0 Å². The minimum Gasteiger partial charge on any atom is -0.396 e. The van der Waals surface area contributed by atoms with E-state index in [9.17, 15) is 0 Å². The molecule has 0 radical (unpaired) electrons. The average molecular weight is 296 g/mol. The van der Waals surface area contributed by atoms with Crippen molar-refractivity contribution in [1.29, 1.82) is 0 Å². The van der Waals surface area contributed by atoms with E-state index in [4.69, 9.17) is 19.3 Å². The van der Waals surface area contributed by atoms with Crippen LogP contribution in [0.2, 0.25) is 0 Å². The van der Waals surface area contributed by atoms with E-state index in [1.54, 1.807) is 0 Å². The Bertz CT molecular complexity index is 316. The molecule has 0 aliphatic rings. The fourth-order valence-electron chi connectivity index (χ4n) is 1.81. The van der Waals surface area contributed by atoms with Gasteiger partial charge in [-0.25, -0.2) is 0 Å². The predicted octanol–water partition coefficient (Wildman–Crippen LogP) is 2.79. The molecule has 1 N–H and O–H groups in total. The number of ether oxygens (including phenoxy) is 3. The van der Waals surface area contributed by atoms with Crippen molar-refractivity contribution in [3.63, 3.8) is 0 Å². The third-order valence-electron chi connectivity index (χ3n) is 2.96. The summed E-state index contributed by atoms with van der Waals surface area (Å²) < 4.78 is 16.5. The highest BCUT2D eigenvalue weighted by atomic mass is 16.5. The first-order valence-corrected chi connectivity index (χ1v) is 7.81. The van der Waals surface area contributed by atoms with Crippen LogP contribution in [0.25, 0.3) is 0 Å². The van der Waals surface area contributed by atoms with E-state index >= 15 is 0 Å². The summed E-state index contributed by atoms with van der Waals surface area (Å²) in [6, 6.07) is 10.2. The molecule has 0 amide bonds. The Kier molecular flexibility index (Phi) is 12.1. The molecular formula is C17H28O4. The van der Waals surface area contributed by atoms with Gasteiger partial charge in [0.1, 0.15) is 0 Å². The van der Waals surface area contributed by atoms with Crippen LogP contribution in [0.15, 0.2) is 30.3 Å². The maximum Gasteiger partial charge on any atom is 0.0716 e. The molecule has 0 heterocycles. The molecular weight excluding hydrogens is 268 g/mol. The van der Waals surface area contributed by atoms with Crippen molar-refractivity contribution in [2.24, 2.45) is 0 Å². The van der Waals surface area contributed by atoms with Gasteiger partial charge in [0.05, 0.1) is 6.61 Å². The lowest BCUT2D eigenvalue weighted by molar-refractivity contribution is 0.0683. The predicted molar refractivity (Wildman–Crippen MR) is 83.3 cm³/mol. The van der Waals surface area contributed by atoms with E-state index in [0.717, 1.165) is 52.1 Å². The van der Waals surface area contributed by atoms with Gasteiger partial charge >= 0.3 is 0 Å². The molecule has 120 valence electrons. The molecule has 4 heteroatoms. The smallest absolute Gasteiger partial charge is 0.0716 e. The number of hydrogen-bond acceptors (Lipinski definition) is 4. The molecule has 0 bridgehead atoms. The fourth-order valence-corrected chi connectivity index (χ4v) is 1.81. The van der Waals surface area contributed by atoms with Crippen LogP contribution in [-0.2, 0) is 20.8 Å². The quantitative estimate of drug-likeness (QED) is 0.536. The molecule has 1 rings (SSSR count). The van der Waals surface area contributed by atoms with Gasteiger partial charge in [-0.2, -0.15) is 0 Å². The Morgan fingerprint density at radius 2 is 1.24 bits per heavy atom. The second-order valence-electron chi connectivity index (χ2n) is 4.90. The van der Waals surface area contributed by atoms with E-state index in [2.05, 4.69) is 12.1 Å². The second kappa shape index (κ2) is 14.0. The molecule has 0 atom stereocenters. The summed E-state index contributed by atoms with van der Waals surface area (Å²) in [5.41, 5.74) is 1.21. The average Bonchev–Trinajstić information content (AvgIpc) is 2.53. The van der Waals surface area contributed by atoms with Crippen molar-refractivity contribution in [2.45, 2.75) is 32.3 Å². The van der Waals surface area contributed by atoms with Crippen LogP contribution in [0.4, 0.5) is 0 Å². The summed E-state index contributed by atoms with van der Waals surface area (Å²) in [6.07, 6.45) is 3.68. The van der Waals surface area contributed by atoms with Crippen LogP contribution in [0.3, 0.4) is 0 Å². The van der Waals surface area contributed by atoms with E-state index < -0.39 is 0 Å². The SMILES string of the molecule is OCCCOCCCCOCCCOCc1ccccc1. The van der Waals surface area contributed by atoms with Crippen LogP contribution < -0.4 is 0 Å². The van der Waals surface area contributed by atoms with E-state index in [-0.39, 0.29) is 6.61 Å². The molecule has 21 heavy (non-hydrogen) atoms. The van der Waals surface area contributed by atoms with Crippen LogP contribution in [0.5, 0.6) is 0 Å². The summed E-state index contributed by atoms with van der Waals surface area (Å²) >= 11 is 0. The molecule has 0 spiro atoms. The van der Waals surface area contributed by atoms with Crippen molar-refractivity contribution in [3.8, 4) is 0 Å². The number of aliphatic hydroxyl groups excluding tert-OH is 1. The highest BCUT2D eigenvalue weighted by Gasteiger charge is 1.94. The van der Waals surface area contributed by atoms with E-state index in [1.165, 1.54) is 5.56 Å². The zero-order chi connectivity index (χ0) is 15.0. The van der Waals surface area contributed by atoms with Crippen molar-refractivity contribution in [3.05, 3.63) is 35.9 Å². The zero-order valence-corrected chi connectivity index (χ0v) is 12.8. The number of rotatable bonds is 14. The van der Waals surface area contributed by atoms with Gasteiger partial charge in [-0.1, -0.05) is 30.3 Å². The number of benzene rings is 1. The monoisotopic (exact) mass is 296 g/mol. The number of unbranched alkanes of at least 4 members (excludes halogenated alkanes) is 1. The van der Waals surface area contributed by atoms with Crippen LogP contribution in [-0.4, -0.2) is 44.7 Å². The Balaban J connectivity index is 1.75. The molecule has 1 aromatic rings. The van der Waals surface area contributed by atoms with E-state index in [1.807, 2.05) is 18.2 Å². The molecule has 0 aromatic heterocycles. The minimum absolute atomic E-state index is 0.204. The molecule has 1 aromatic carbocycles. The molecule has 4 nitrogen and oxygen atoms in total. The third kappa shape index (κ3) is 11.4. The highest BCUT2D eigenvalue weighted by molar-refractivity contribution is 5.13. The highest BCUT2D eigenvalue weighted by Crippen LogP contribution is 2.01. The van der Waals surface area contributed by atoms with Gasteiger partial charge in [-0.05, 0) is 31.2 Å². The molecule has 0 fully saturated rings. The maximum atomic E-state index is 8.58. The Morgan fingerprint density at radius 3 is 1.90 bits per heavy atom. The molecule has 0 saturated heterocycles. The van der Waals surface area contributed by atoms with Crippen LogP contribution in [0.1, 0.15) is 31.2 Å². The summed E-state index contributed by atoms with van der Waals surface area (Å²) in [5.74, 6) is 0. The second-order valence-corrected chi connectivity index (χ2v) is 4.90. The van der Waals surface area contributed by atoms with Crippen molar-refractivity contribution in [2.75, 3.05) is 39.6 Å². The lowest BCUT2D eigenvalue weighted by Gasteiger charge is -2.06. The fraction of sp³-hybridized carbons (Fsp3) is 0.647. The lowest BCUT2D eigenvalue weighted by Crippen LogP contribution is -2.04. The Morgan fingerprint density at radius 1 is 0.667 bits per heavy atom. The topological polar surface area (TPSA) is 47.9 Å². The standard InChI is InChI=1S/C17H28O4/c18-10-6-13-19-11-4-5-12-20-14-7-15-21-16-17-8-2-1-3-9-17/h1-3,8-9,18H,4-7,10-16H2. The first-order valence-electron chi connectivity index (χ1n) is 7.81. The van der Waals surface area contributed by atoms with Gasteiger partial charge in [0.2, 0.25) is 0 Å². The molecule has 0 unspecified atom stereocenters. The van der Waals surface area contributed by atoms with Gasteiger partial charge in [0.25, 0.3) is 0 Å².